The lowest BCUT2D eigenvalue weighted by Crippen LogP contribution is -2.43. The monoisotopic (exact) mass is 518 g/mol. The minimum absolute atomic E-state index is 0. The molecular weight excluding hydrogens is 496 g/mol. The van der Waals surface area contributed by atoms with Gasteiger partial charge in [-0.05, 0) is 41.8 Å². The van der Waals surface area contributed by atoms with Gasteiger partial charge in [-0.1, -0.05) is 18.2 Å². The molecule has 1 atom stereocenters. The van der Waals surface area contributed by atoms with Crippen LogP contribution >= 0.6 is 23.7 Å². The first kappa shape index (κ1) is 24.6. The van der Waals surface area contributed by atoms with Crippen molar-refractivity contribution in [1.29, 1.82) is 0 Å². The van der Waals surface area contributed by atoms with Gasteiger partial charge in [0.25, 0.3) is 5.91 Å². The third-order valence-electron chi connectivity index (χ3n) is 6.01. The van der Waals surface area contributed by atoms with Crippen LogP contribution in [0.15, 0.2) is 69.8 Å². The molecule has 1 amide bonds. The molecule has 0 aliphatic carbocycles. The number of carbonyl (C=O) groups is 2. The van der Waals surface area contributed by atoms with E-state index in [1.165, 1.54) is 30.3 Å². The second-order valence-electron chi connectivity index (χ2n) is 7.93. The Hall–Kier alpha value is -2.56. The topological polar surface area (TPSA) is 92.8 Å². The fourth-order valence-electron chi connectivity index (χ4n) is 4.30. The summed E-state index contributed by atoms with van der Waals surface area (Å²) < 4.78 is 31.7. The molecule has 1 aromatic heterocycles. The number of ether oxygens (including phenoxy) is 1. The SMILES string of the molecule is Cl.O=C(NCC(c1cccs1)N1CCOCC1)c1ccc2c(c1)S(=O)(=O)c1ccccc1C2=O. The second-order valence-corrected chi connectivity index (χ2v) is 10.8. The van der Waals surface area contributed by atoms with Crippen LogP contribution in [0, 0.1) is 0 Å². The van der Waals surface area contributed by atoms with Crippen molar-refractivity contribution >= 4 is 45.3 Å². The number of rotatable bonds is 5. The summed E-state index contributed by atoms with van der Waals surface area (Å²) in [6.07, 6.45) is 0. The number of thiophene rings is 1. The number of benzene rings is 2. The number of nitrogens with one attached hydrogen (secondary N) is 1. The van der Waals surface area contributed by atoms with Crippen LogP contribution in [0.1, 0.15) is 37.2 Å². The Morgan fingerprint density at radius 2 is 1.76 bits per heavy atom. The molecule has 0 saturated carbocycles. The highest BCUT2D eigenvalue weighted by Crippen LogP contribution is 2.35. The zero-order chi connectivity index (χ0) is 23.0. The predicted octanol–water partition coefficient (Wildman–Crippen LogP) is 3.35. The normalized spacial score (nSPS) is 17.7. The van der Waals surface area contributed by atoms with Crippen molar-refractivity contribution in [2.75, 3.05) is 32.8 Å². The van der Waals surface area contributed by atoms with Crippen molar-refractivity contribution in [2.45, 2.75) is 15.8 Å². The predicted molar refractivity (Wildman–Crippen MR) is 131 cm³/mol. The maximum Gasteiger partial charge on any atom is 0.251 e. The van der Waals surface area contributed by atoms with E-state index in [1.54, 1.807) is 23.5 Å². The highest BCUT2D eigenvalue weighted by atomic mass is 35.5. The van der Waals surface area contributed by atoms with E-state index in [4.69, 9.17) is 4.74 Å². The van der Waals surface area contributed by atoms with Gasteiger partial charge >= 0.3 is 0 Å². The Morgan fingerprint density at radius 3 is 2.50 bits per heavy atom. The highest BCUT2D eigenvalue weighted by Gasteiger charge is 2.35. The molecule has 1 saturated heterocycles. The number of halogens is 1. The average Bonchev–Trinajstić information content (AvgIpc) is 3.38. The number of hydrogen-bond donors (Lipinski definition) is 1. The van der Waals surface area contributed by atoms with E-state index in [0.717, 1.165) is 18.0 Å². The molecule has 0 radical (unpaired) electrons. The van der Waals surface area contributed by atoms with E-state index in [1.807, 2.05) is 17.5 Å². The van der Waals surface area contributed by atoms with E-state index >= 15 is 0 Å². The van der Waals surface area contributed by atoms with E-state index < -0.39 is 9.84 Å². The van der Waals surface area contributed by atoms with E-state index in [0.29, 0.717) is 19.8 Å². The van der Waals surface area contributed by atoms with Crippen LogP contribution in [0.25, 0.3) is 0 Å². The van der Waals surface area contributed by atoms with Crippen molar-refractivity contribution in [1.82, 2.24) is 10.2 Å². The van der Waals surface area contributed by atoms with Crippen molar-refractivity contribution in [3.8, 4) is 0 Å². The summed E-state index contributed by atoms with van der Waals surface area (Å²) in [5, 5.41) is 4.96. The second kappa shape index (κ2) is 9.97. The van der Waals surface area contributed by atoms with Crippen LogP contribution in [0.3, 0.4) is 0 Å². The average molecular weight is 519 g/mol. The van der Waals surface area contributed by atoms with E-state index in [-0.39, 0.29) is 56.6 Å². The number of sulfone groups is 1. The molecule has 2 aliphatic rings. The number of fused-ring (bicyclic) bond motifs is 2. The fraction of sp³-hybridized carbons (Fsp3) is 0.250. The Morgan fingerprint density at radius 1 is 1.03 bits per heavy atom. The van der Waals surface area contributed by atoms with Gasteiger partial charge in [-0.15, -0.1) is 23.7 Å². The van der Waals surface area contributed by atoms with Crippen molar-refractivity contribution in [3.05, 3.63) is 81.5 Å². The summed E-state index contributed by atoms with van der Waals surface area (Å²) in [6, 6.07) is 14.4. The van der Waals surface area contributed by atoms with Crippen LogP contribution < -0.4 is 5.32 Å². The number of nitrogens with zero attached hydrogens (tertiary/aromatic N) is 1. The molecule has 3 heterocycles. The fourth-order valence-corrected chi connectivity index (χ4v) is 6.83. The number of amides is 1. The van der Waals surface area contributed by atoms with Gasteiger partial charge in [0, 0.05) is 41.2 Å². The lowest BCUT2D eigenvalue weighted by Gasteiger charge is -2.34. The van der Waals surface area contributed by atoms with Crippen LogP contribution in [-0.2, 0) is 14.6 Å². The van der Waals surface area contributed by atoms with Crippen LogP contribution in [0.4, 0.5) is 0 Å². The lowest BCUT2D eigenvalue weighted by molar-refractivity contribution is 0.0169. The molecule has 34 heavy (non-hydrogen) atoms. The Bertz CT molecular complexity index is 1320. The van der Waals surface area contributed by atoms with Crippen LogP contribution in [0.5, 0.6) is 0 Å². The summed E-state index contributed by atoms with van der Waals surface area (Å²) in [5.41, 5.74) is 0.456. The molecule has 0 spiro atoms. The third-order valence-corrected chi connectivity index (χ3v) is 8.84. The molecule has 7 nitrogen and oxygen atoms in total. The maximum atomic E-state index is 13.1. The zero-order valence-corrected chi connectivity index (χ0v) is 20.5. The molecule has 1 unspecified atom stereocenters. The summed E-state index contributed by atoms with van der Waals surface area (Å²) in [5.74, 6) is -0.735. The first-order valence-electron chi connectivity index (χ1n) is 10.6. The van der Waals surface area contributed by atoms with Crippen LogP contribution in [0.2, 0.25) is 0 Å². The molecule has 2 aromatic carbocycles. The molecule has 0 bridgehead atoms. The first-order valence-corrected chi connectivity index (χ1v) is 13.0. The molecular formula is C24H23ClN2O5S2. The Balaban J connectivity index is 0.00000274. The molecule has 5 rings (SSSR count). The quantitative estimate of drug-likeness (QED) is 0.435. The molecule has 3 aromatic rings. The van der Waals surface area contributed by atoms with Gasteiger partial charge in [0.1, 0.15) is 0 Å². The molecule has 10 heteroatoms. The summed E-state index contributed by atoms with van der Waals surface area (Å²) in [7, 11) is -3.90. The van der Waals surface area contributed by atoms with Crippen LogP contribution in [-0.4, -0.2) is 57.9 Å². The number of ketones is 1. The Kier molecular flexibility index (Phi) is 7.20. The summed E-state index contributed by atoms with van der Waals surface area (Å²) in [4.78, 5) is 29.1. The van der Waals surface area contributed by atoms with Crippen molar-refractivity contribution in [2.24, 2.45) is 0 Å². The van der Waals surface area contributed by atoms with Gasteiger partial charge in [0.05, 0.1) is 29.0 Å². The number of morpholine rings is 1. The highest BCUT2D eigenvalue weighted by molar-refractivity contribution is 7.91. The van der Waals surface area contributed by atoms with Gasteiger partial charge in [-0.3, -0.25) is 14.5 Å². The molecule has 1 N–H and O–H groups in total. The minimum atomic E-state index is -3.90. The standard InChI is InChI=1S/C24H22N2O5S2.ClH/c27-23-17-4-1-2-6-21(17)33(29,30)22-14-16(7-8-18(22)23)24(28)25-15-19(20-5-3-13-32-20)26-9-11-31-12-10-26;/h1-8,13-14,19H,9-12,15H2,(H,25,28);1H. The van der Waals surface area contributed by atoms with Gasteiger partial charge < -0.3 is 10.1 Å². The number of carbonyl (C=O) groups excluding carboxylic acids is 2. The van der Waals surface area contributed by atoms with Gasteiger partial charge in [0.15, 0.2) is 5.78 Å². The van der Waals surface area contributed by atoms with Gasteiger partial charge in [-0.25, -0.2) is 8.42 Å². The zero-order valence-electron chi connectivity index (χ0n) is 18.1. The molecule has 178 valence electrons. The minimum Gasteiger partial charge on any atom is -0.379 e. The van der Waals surface area contributed by atoms with Gasteiger partial charge in [0.2, 0.25) is 9.84 Å². The lowest BCUT2D eigenvalue weighted by atomic mass is 10.0. The van der Waals surface area contributed by atoms with E-state index in [2.05, 4.69) is 10.2 Å². The third kappa shape index (κ3) is 4.42. The number of hydrogen-bond acceptors (Lipinski definition) is 7. The molecule has 2 aliphatic heterocycles. The molecule has 1 fully saturated rings. The van der Waals surface area contributed by atoms with Crippen molar-refractivity contribution < 1.29 is 22.7 Å². The van der Waals surface area contributed by atoms with Crippen molar-refractivity contribution in [3.63, 3.8) is 0 Å². The smallest absolute Gasteiger partial charge is 0.251 e. The maximum absolute atomic E-state index is 13.1. The summed E-state index contributed by atoms with van der Waals surface area (Å²) in [6.45, 7) is 3.22. The van der Waals surface area contributed by atoms with Gasteiger partial charge in [-0.2, -0.15) is 0 Å². The Labute approximate surface area is 208 Å². The summed E-state index contributed by atoms with van der Waals surface area (Å²) >= 11 is 1.63. The van der Waals surface area contributed by atoms with E-state index in [9.17, 15) is 18.0 Å². The first-order chi connectivity index (χ1) is 16.0. The largest absolute Gasteiger partial charge is 0.379 e.